The van der Waals surface area contributed by atoms with Crippen LogP contribution < -0.4 is 11.0 Å². The van der Waals surface area contributed by atoms with Crippen molar-refractivity contribution in [3.63, 3.8) is 0 Å². The molecule has 3 aromatic rings. The third kappa shape index (κ3) is 2.96. The van der Waals surface area contributed by atoms with Gasteiger partial charge in [-0.05, 0) is 46.3 Å². The molecule has 0 amide bonds. The molecule has 108 valence electrons. The predicted octanol–water partition coefficient (Wildman–Crippen LogP) is 4.02. The SMILES string of the molecule is O=c1[nH]c2cc(Br)c(NCc3cc(Cl)ccc3F)cc2[nH]1. The predicted molar refractivity (Wildman–Crippen MR) is 85.4 cm³/mol. The Bertz CT molecular complexity index is 874. The summed E-state index contributed by atoms with van der Waals surface area (Å²) in [6.07, 6.45) is 0. The van der Waals surface area contributed by atoms with E-state index in [0.717, 1.165) is 10.2 Å². The molecule has 2 aromatic carbocycles. The molecule has 0 aliphatic heterocycles. The quantitative estimate of drug-likeness (QED) is 0.652. The van der Waals surface area contributed by atoms with Gasteiger partial charge in [-0.15, -0.1) is 0 Å². The van der Waals surface area contributed by atoms with Crippen molar-refractivity contribution < 1.29 is 4.39 Å². The minimum atomic E-state index is -0.320. The van der Waals surface area contributed by atoms with Gasteiger partial charge >= 0.3 is 5.69 Å². The summed E-state index contributed by atoms with van der Waals surface area (Å²) in [4.78, 5) is 16.6. The zero-order valence-electron chi connectivity index (χ0n) is 10.6. The van der Waals surface area contributed by atoms with Crippen molar-refractivity contribution in [2.75, 3.05) is 5.32 Å². The first kappa shape index (κ1) is 14.2. The molecule has 1 heterocycles. The van der Waals surface area contributed by atoms with Gasteiger partial charge in [0.1, 0.15) is 5.82 Å². The van der Waals surface area contributed by atoms with Crippen LogP contribution in [0.1, 0.15) is 5.56 Å². The van der Waals surface area contributed by atoms with Crippen LogP contribution in [0.2, 0.25) is 5.02 Å². The van der Waals surface area contributed by atoms with Gasteiger partial charge in [0.05, 0.1) is 16.7 Å². The third-order valence-corrected chi connectivity index (χ3v) is 3.97. The van der Waals surface area contributed by atoms with E-state index in [2.05, 4.69) is 31.2 Å². The highest BCUT2D eigenvalue weighted by atomic mass is 79.9. The lowest BCUT2D eigenvalue weighted by molar-refractivity contribution is 0.613. The maximum Gasteiger partial charge on any atom is 0.323 e. The summed E-state index contributed by atoms with van der Waals surface area (Å²) in [7, 11) is 0. The minimum Gasteiger partial charge on any atom is -0.380 e. The highest BCUT2D eigenvalue weighted by Gasteiger charge is 2.07. The molecule has 3 N–H and O–H groups in total. The Morgan fingerprint density at radius 3 is 2.67 bits per heavy atom. The summed E-state index contributed by atoms with van der Waals surface area (Å²) in [5.41, 5.74) is 2.33. The summed E-state index contributed by atoms with van der Waals surface area (Å²) < 4.78 is 14.4. The number of fused-ring (bicyclic) bond motifs is 1. The lowest BCUT2D eigenvalue weighted by Crippen LogP contribution is -2.02. The summed E-state index contributed by atoms with van der Waals surface area (Å²) in [6.45, 7) is 0.283. The normalized spacial score (nSPS) is 11.0. The fourth-order valence-electron chi connectivity index (χ4n) is 2.06. The van der Waals surface area contributed by atoms with E-state index in [9.17, 15) is 9.18 Å². The number of halogens is 3. The van der Waals surface area contributed by atoms with E-state index in [1.807, 2.05) is 0 Å². The first-order valence-electron chi connectivity index (χ1n) is 6.12. The summed E-state index contributed by atoms with van der Waals surface area (Å²) in [5.74, 6) is -0.320. The number of aromatic amines is 2. The number of anilines is 1. The highest BCUT2D eigenvalue weighted by Crippen LogP contribution is 2.27. The zero-order chi connectivity index (χ0) is 15.0. The van der Waals surface area contributed by atoms with E-state index in [0.29, 0.717) is 21.6 Å². The van der Waals surface area contributed by atoms with Crippen LogP contribution in [0.15, 0.2) is 39.6 Å². The van der Waals surface area contributed by atoms with Crippen LogP contribution in [0.3, 0.4) is 0 Å². The number of imidazole rings is 1. The Labute approximate surface area is 132 Å². The molecule has 0 aliphatic rings. The molecular weight excluding hydrogens is 361 g/mol. The summed E-state index contributed by atoms with van der Waals surface area (Å²) in [6, 6.07) is 7.98. The molecular formula is C14H10BrClFN3O. The van der Waals surface area contributed by atoms with Gasteiger partial charge in [-0.25, -0.2) is 9.18 Å². The smallest absolute Gasteiger partial charge is 0.323 e. The second kappa shape index (κ2) is 5.54. The molecule has 7 heteroatoms. The molecule has 1 aromatic heterocycles. The second-order valence-corrected chi connectivity index (χ2v) is 5.84. The standard InChI is InChI=1S/C14H10BrClFN3O/c15-9-4-12-13(20-14(21)19-12)5-11(9)18-6-7-3-8(16)1-2-10(7)17/h1-5,18H,6H2,(H2,19,20,21). The van der Waals surface area contributed by atoms with Gasteiger partial charge in [-0.1, -0.05) is 11.6 Å². The van der Waals surface area contributed by atoms with Crippen LogP contribution in [0, 0.1) is 5.82 Å². The lowest BCUT2D eigenvalue weighted by Gasteiger charge is -2.10. The lowest BCUT2D eigenvalue weighted by atomic mass is 10.2. The van der Waals surface area contributed by atoms with Gasteiger partial charge < -0.3 is 15.3 Å². The first-order valence-corrected chi connectivity index (χ1v) is 7.29. The number of hydrogen-bond acceptors (Lipinski definition) is 2. The molecule has 3 rings (SSSR count). The van der Waals surface area contributed by atoms with Gasteiger partial charge in [-0.2, -0.15) is 0 Å². The van der Waals surface area contributed by atoms with Gasteiger partial charge in [0.2, 0.25) is 0 Å². The fraction of sp³-hybridized carbons (Fsp3) is 0.0714. The van der Waals surface area contributed by atoms with Crippen LogP contribution in [0.25, 0.3) is 11.0 Å². The summed E-state index contributed by atoms with van der Waals surface area (Å²) >= 11 is 9.28. The second-order valence-electron chi connectivity index (χ2n) is 4.55. The van der Waals surface area contributed by atoms with Crippen molar-refractivity contribution in [1.29, 1.82) is 0 Å². The maximum atomic E-state index is 13.7. The molecule has 0 saturated carbocycles. The van der Waals surface area contributed by atoms with E-state index in [1.165, 1.54) is 12.1 Å². The molecule has 0 unspecified atom stereocenters. The van der Waals surface area contributed by atoms with Crippen molar-refractivity contribution in [2.45, 2.75) is 6.54 Å². The van der Waals surface area contributed by atoms with Gasteiger partial charge in [0, 0.05) is 21.6 Å². The number of nitrogens with one attached hydrogen (secondary N) is 3. The van der Waals surface area contributed by atoms with Gasteiger partial charge in [0.25, 0.3) is 0 Å². The van der Waals surface area contributed by atoms with E-state index >= 15 is 0 Å². The minimum absolute atomic E-state index is 0.269. The van der Waals surface area contributed by atoms with E-state index in [1.54, 1.807) is 18.2 Å². The highest BCUT2D eigenvalue weighted by molar-refractivity contribution is 9.10. The molecule has 21 heavy (non-hydrogen) atoms. The monoisotopic (exact) mass is 369 g/mol. The van der Waals surface area contributed by atoms with Crippen molar-refractivity contribution in [3.8, 4) is 0 Å². The van der Waals surface area contributed by atoms with Crippen molar-refractivity contribution >= 4 is 44.3 Å². The largest absolute Gasteiger partial charge is 0.380 e. The number of hydrogen-bond donors (Lipinski definition) is 3. The van der Waals surface area contributed by atoms with Crippen molar-refractivity contribution in [3.05, 3.63) is 61.7 Å². The van der Waals surface area contributed by atoms with Crippen molar-refractivity contribution in [1.82, 2.24) is 9.97 Å². The first-order chi connectivity index (χ1) is 10.0. The number of benzene rings is 2. The molecule has 0 aliphatic carbocycles. The molecule has 0 saturated heterocycles. The average molecular weight is 371 g/mol. The molecule has 0 fully saturated rings. The Morgan fingerprint density at radius 2 is 1.90 bits per heavy atom. The molecule has 0 bridgehead atoms. The molecule has 0 spiro atoms. The van der Waals surface area contributed by atoms with Crippen LogP contribution >= 0.6 is 27.5 Å². The third-order valence-electron chi connectivity index (χ3n) is 3.08. The van der Waals surface area contributed by atoms with E-state index in [4.69, 9.17) is 11.6 Å². The fourth-order valence-corrected chi connectivity index (χ4v) is 2.74. The van der Waals surface area contributed by atoms with Gasteiger partial charge in [0.15, 0.2) is 0 Å². The Hall–Kier alpha value is -1.79. The van der Waals surface area contributed by atoms with Crippen molar-refractivity contribution in [2.24, 2.45) is 0 Å². The average Bonchev–Trinajstić information content (AvgIpc) is 2.78. The van der Waals surface area contributed by atoms with Crippen LogP contribution in [0.5, 0.6) is 0 Å². The zero-order valence-corrected chi connectivity index (χ0v) is 13.0. The van der Waals surface area contributed by atoms with Gasteiger partial charge in [-0.3, -0.25) is 0 Å². The number of H-pyrrole nitrogens is 2. The molecule has 4 nitrogen and oxygen atoms in total. The topological polar surface area (TPSA) is 60.7 Å². The summed E-state index contributed by atoms with van der Waals surface area (Å²) in [5, 5.41) is 3.60. The molecule has 0 atom stereocenters. The Kier molecular flexibility index (Phi) is 3.73. The number of rotatable bonds is 3. The van der Waals surface area contributed by atoms with E-state index < -0.39 is 0 Å². The Morgan fingerprint density at radius 1 is 1.19 bits per heavy atom. The van der Waals surface area contributed by atoms with Crippen LogP contribution in [-0.4, -0.2) is 9.97 Å². The maximum absolute atomic E-state index is 13.7. The molecule has 0 radical (unpaired) electrons. The number of aromatic nitrogens is 2. The van der Waals surface area contributed by atoms with Crippen LogP contribution in [-0.2, 0) is 6.54 Å². The Balaban J connectivity index is 1.89. The van der Waals surface area contributed by atoms with Crippen LogP contribution in [0.4, 0.5) is 10.1 Å². The van der Waals surface area contributed by atoms with E-state index in [-0.39, 0.29) is 18.1 Å².